The van der Waals surface area contributed by atoms with Crippen LogP contribution in [0.4, 0.5) is 11.4 Å². The molecule has 0 spiro atoms. The minimum Gasteiger partial charge on any atom is -0.399 e. The molecule has 4 nitrogen and oxygen atoms in total. The maximum atomic E-state index is 12.4. The molecule has 0 saturated carbocycles. The molecule has 1 saturated heterocycles. The average Bonchev–Trinajstić information content (AvgIpc) is 2.42. The van der Waals surface area contributed by atoms with Crippen LogP contribution in [0.25, 0.3) is 0 Å². The number of nitrogens with zero attached hydrogens (tertiary/aromatic N) is 1. The number of likely N-dealkylation sites (tertiary alicyclic amines) is 1. The second kappa shape index (κ2) is 6.86. The van der Waals surface area contributed by atoms with Gasteiger partial charge in [-0.2, -0.15) is 0 Å². The molecule has 6 heteroatoms. The molecule has 116 valence electrons. The first-order valence-corrected chi connectivity index (χ1v) is 7.97. The third-order valence-corrected chi connectivity index (χ3v) is 4.64. The Kier molecular flexibility index (Phi) is 5.36. The molecule has 2 atom stereocenters. The number of halogens is 2. The number of hydrogen-bond donors (Lipinski definition) is 2. The van der Waals surface area contributed by atoms with Crippen LogP contribution >= 0.6 is 23.2 Å². The molecular weight excluding hydrogens is 309 g/mol. The lowest BCUT2D eigenvalue weighted by Crippen LogP contribution is -2.48. The van der Waals surface area contributed by atoms with Crippen LogP contribution in [0.1, 0.15) is 33.1 Å². The highest BCUT2D eigenvalue weighted by molar-refractivity contribution is 6.40. The van der Waals surface area contributed by atoms with Gasteiger partial charge in [0.05, 0.1) is 21.8 Å². The van der Waals surface area contributed by atoms with Crippen molar-refractivity contribution in [1.29, 1.82) is 0 Å². The van der Waals surface area contributed by atoms with Gasteiger partial charge in [-0.25, -0.2) is 0 Å². The van der Waals surface area contributed by atoms with Gasteiger partial charge in [0, 0.05) is 11.7 Å². The van der Waals surface area contributed by atoms with E-state index in [1.165, 1.54) is 6.42 Å². The predicted octanol–water partition coefficient (Wildman–Crippen LogP) is 3.78. The van der Waals surface area contributed by atoms with Gasteiger partial charge < -0.3 is 11.1 Å². The summed E-state index contributed by atoms with van der Waals surface area (Å²) in [6, 6.07) is 3.36. The number of nitrogen functional groups attached to an aromatic ring is 1. The fourth-order valence-corrected chi connectivity index (χ4v) is 3.38. The van der Waals surface area contributed by atoms with E-state index in [0.717, 1.165) is 19.4 Å². The van der Waals surface area contributed by atoms with E-state index in [0.29, 0.717) is 27.5 Å². The van der Waals surface area contributed by atoms with Crippen molar-refractivity contribution in [2.45, 2.75) is 45.2 Å². The van der Waals surface area contributed by atoms with Gasteiger partial charge in [-0.05, 0) is 45.4 Å². The molecule has 2 rings (SSSR count). The van der Waals surface area contributed by atoms with Gasteiger partial charge in [0.15, 0.2) is 0 Å². The zero-order valence-corrected chi connectivity index (χ0v) is 13.8. The summed E-state index contributed by atoms with van der Waals surface area (Å²) in [5.41, 5.74) is 6.56. The summed E-state index contributed by atoms with van der Waals surface area (Å²) in [5, 5.41) is 3.53. The molecule has 1 aromatic rings. The molecule has 1 aliphatic heterocycles. The SMILES string of the molecule is CC1CCCCN1C(C)C(=O)Nc1c(Cl)cc(N)cc1Cl. The van der Waals surface area contributed by atoms with Crippen LogP contribution in [0.3, 0.4) is 0 Å². The largest absolute Gasteiger partial charge is 0.399 e. The number of piperidine rings is 1. The highest BCUT2D eigenvalue weighted by Gasteiger charge is 2.28. The molecule has 2 unspecified atom stereocenters. The van der Waals surface area contributed by atoms with Crippen molar-refractivity contribution in [3.8, 4) is 0 Å². The zero-order valence-electron chi connectivity index (χ0n) is 12.3. The van der Waals surface area contributed by atoms with Gasteiger partial charge in [-0.1, -0.05) is 29.6 Å². The van der Waals surface area contributed by atoms with Crippen molar-refractivity contribution in [1.82, 2.24) is 4.90 Å². The average molecular weight is 330 g/mol. The van der Waals surface area contributed by atoms with Gasteiger partial charge in [-0.15, -0.1) is 0 Å². The fraction of sp³-hybridized carbons (Fsp3) is 0.533. The summed E-state index contributed by atoms with van der Waals surface area (Å²) < 4.78 is 0. The molecule has 0 aromatic heterocycles. The smallest absolute Gasteiger partial charge is 0.241 e. The summed E-state index contributed by atoms with van der Waals surface area (Å²) in [6.07, 6.45) is 3.48. The Labute approximate surface area is 135 Å². The molecule has 0 aliphatic carbocycles. The molecule has 1 aromatic carbocycles. The number of nitrogens with two attached hydrogens (primary N) is 1. The normalized spacial score (nSPS) is 21.0. The molecule has 1 amide bonds. The minimum atomic E-state index is -0.218. The van der Waals surface area contributed by atoms with Gasteiger partial charge in [0.25, 0.3) is 0 Å². The number of carbonyl (C=O) groups is 1. The number of rotatable bonds is 3. The maximum absolute atomic E-state index is 12.4. The van der Waals surface area contributed by atoms with E-state index in [1.807, 2.05) is 6.92 Å². The highest BCUT2D eigenvalue weighted by atomic mass is 35.5. The van der Waals surface area contributed by atoms with E-state index < -0.39 is 0 Å². The molecule has 0 radical (unpaired) electrons. The number of nitrogens with one attached hydrogen (secondary N) is 1. The predicted molar refractivity (Wildman–Crippen MR) is 89.0 cm³/mol. The lowest BCUT2D eigenvalue weighted by Gasteiger charge is -2.37. The first-order valence-electron chi connectivity index (χ1n) is 7.21. The van der Waals surface area contributed by atoms with Crippen molar-refractivity contribution in [2.75, 3.05) is 17.6 Å². The van der Waals surface area contributed by atoms with Crippen LogP contribution in [-0.4, -0.2) is 29.4 Å². The molecule has 21 heavy (non-hydrogen) atoms. The summed E-state index contributed by atoms with van der Waals surface area (Å²) in [4.78, 5) is 14.7. The number of amides is 1. The summed E-state index contributed by atoms with van der Waals surface area (Å²) in [6.45, 7) is 5.02. The van der Waals surface area contributed by atoms with E-state index in [-0.39, 0.29) is 11.9 Å². The Hall–Kier alpha value is -0.970. The second-order valence-corrected chi connectivity index (χ2v) is 6.42. The van der Waals surface area contributed by atoms with Crippen LogP contribution in [-0.2, 0) is 4.79 Å². The quantitative estimate of drug-likeness (QED) is 0.829. The number of carbonyl (C=O) groups excluding carboxylic acids is 1. The Morgan fingerprint density at radius 3 is 2.57 bits per heavy atom. The van der Waals surface area contributed by atoms with Crippen molar-refractivity contribution in [3.63, 3.8) is 0 Å². The molecule has 0 bridgehead atoms. The van der Waals surface area contributed by atoms with Crippen LogP contribution in [0.2, 0.25) is 10.0 Å². The summed E-state index contributed by atoms with van der Waals surface area (Å²) >= 11 is 12.2. The second-order valence-electron chi connectivity index (χ2n) is 5.61. The van der Waals surface area contributed by atoms with E-state index in [2.05, 4.69) is 17.1 Å². The maximum Gasteiger partial charge on any atom is 0.241 e. The van der Waals surface area contributed by atoms with Crippen LogP contribution in [0.15, 0.2) is 12.1 Å². The third kappa shape index (κ3) is 3.82. The van der Waals surface area contributed by atoms with Crippen molar-refractivity contribution in [3.05, 3.63) is 22.2 Å². The summed E-state index contributed by atoms with van der Waals surface area (Å²) in [5.74, 6) is -0.0997. The standard InChI is InChI=1S/C15H21Cl2N3O/c1-9-5-3-4-6-20(9)10(2)15(21)19-14-12(16)7-11(18)8-13(14)17/h7-10H,3-6,18H2,1-2H3,(H,19,21). The first-order chi connectivity index (χ1) is 9.90. The van der Waals surface area contributed by atoms with Gasteiger partial charge >= 0.3 is 0 Å². The van der Waals surface area contributed by atoms with E-state index >= 15 is 0 Å². The topological polar surface area (TPSA) is 58.4 Å². The van der Waals surface area contributed by atoms with Crippen LogP contribution in [0, 0.1) is 0 Å². The van der Waals surface area contributed by atoms with Crippen LogP contribution in [0.5, 0.6) is 0 Å². The number of benzene rings is 1. The lowest BCUT2D eigenvalue weighted by molar-refractivity contribution is -0.122. The van der Waals surface area contributed by atoms with E-state index in [4.69, 9.17) is 28.9 Å². The molecule has 1 heterocycles. The lowest BCUT2D eigenvalue weighted by atomic mass is 10.0. The first kappa shape index (κ1) is 16.4. The van der Waals surface area contributed by atoms with Gasteiger partial charge in [0.2, 0.25) is 5.91 Å². The van der Waals surface area contributed by atoms with Crippen molar-refractivity contribution >= 4 is 40.5 Å². The summed E-state index contributed by atoms with van der Waals surface area (Å²) in [7, 11) is 0. The third-order valence-electron chi connectivity index (χ3n) is 4.04. The fourth-order valence-electron chi connectivity index (χ4n) is 2.79. The molecular formula is C15H21Cl2N3O. The van der Waals surface area contributed by atoms with E-state index in [1.54, 1.807) is 12.1 Å². The molecule has 1 fully saturated rings. The zero-order chi connectivity index (χ0) is 15.6. The highest BCUT2D eigenvalue weighted by Crippen LogP contribution is 2.33. The Morgan fingerprint density at radius 2 is 2.00 bits per heavy atom. The molecule has 3 N–H and O–H groups in total. The van der Waals surface area contributed by atoms with Crippen LogP contribution < -0.4 is 11.1 Å². The van der Waals surface area contributed by atoms with Crippen molar-refractivity contribution < 1.29 is 4.79 Å². The Morgan fingerprint density at radius 1 is 1.38 bits per heavy atom. The van der Waals surface area contributed by atoms with Gasteiger partial charge in [-0.3, -0.25) is 9.69 Å². The number of hydrogen-bond acceptors (Lipinski definition) is 3. The van der Waals surface area contributed by atoms with Gasteiger partial charge in [0.1, 0.15) is 0 Å². The number of anilines is 2. The minimum absolute atomic E-state index is 0.0997. The Balaban J connectivity index is 2.10. The van der Waals surface area contributed by atoms with Crippen molar-refractivity contribution in [2.24, 2.45) is 0 Å². The molecule has 1 aliphatic rings. The monoisotopic (exact) mass is 329 g/mol. The Bertz CT molecular complexity index is 513. The van der Waals surface area contributed by atoms with E-state index in [9.17, 15) is 4.79 Å².